The summed E-state index contributed by atoms with van der Waals surface area (Å²) in [5.41, 5.74) is 1.36. The largest absolute Gasteiger partial charge is 0.345 e. The predicted octanol–water partition coefficient (Wildman–Crippen LogP) is 3.84. The van der Waals surface area contributed by atoms with Gasteiger partial charge in [0.05, 0.1) is 10.9 Å². The Morgan fingerprint density at radius 2 is 1.63 bits per heavy atom. The summed E-state index contributed by atoms with van der Waals surface area (Å²) >= 11 is 0. The number of nitrogens with one attached hydrogen (secondary N) is 1. The maximum Gasteiger partial charge on any atom is 0.251 e. The number of amides is 1. The van der Waals surface area contributed by atoms with E-state index in [-0.39, 0.29) is 22.8 Å². The van der Waals surface area contributed by atoms with Crippen molar-refractivity contribution < 1.29 is 13.2 Å². The molecule has 0 spiro atoms. The molecule has 146 valence electrons. The lowest BCUT2D eigenvalue weighted by Crippen LogP contribution is -2.32. The molecule has 2 rings (SSSR count). The molecule has 2 aromatic carbocycles. The Labute approximate surface area is 162 Å². The first kappa shape index (κ1) is 21.1. The smallest absolute Gasteiger partial charge is 0.251 e. The third-order valence-corrected chi connectivity index (χ3v) is 6.60. The molecule has 0 radical (unpaired) electrons. The highest BCUT2D eigenvalue weighted by atomic mass is 32.2. The van der Waals surface area contributed by atoms with Crippen LogP contribution in [0.4, 0.5) is 0 Å². The molecule has 5 nitrogen and oxygen atoms in total. The normalized spacial score (nSPS) is 13.0. The number of carbonyl (C=O) groups excluding carboxylic acids is 1. The molecular formula is C21H28N2O3S. The van der Waals surface area contributed by atoms with E-state index < -0.39 is 10.0 Å². The first-order valence-corrected chi connectivity index (χ1v) is 10.7. The fourth-order valence-electron chi connectivity index (χ4n) is 3.03. The van der Waals surface area contributed by atoms with E-state index in [4.69, 9.17) is 0 Å². The minimum Gasteiger partial charge on any atom is -0.345 e. The molecule has 0 saturated heterocycles. The van der Waals surface area contributed by atoms with E-state index in [9.17, 15) is 13.2 Å². The standard InChI is InChI=1S/C21H28N2O3S/c1-5-23(6-2)27(25,26)19-14-10-13-18(15-19)21(24)22-20(16(3)4)17-11-8-7-9-12-17/h7-16,20H,5-6H2,1-4H3,(H,22,24)/t20-/m0/s1. The average Bonchev–Trinajstić information content (AvgIpc) is 2.67. The molecule has 0 aliphatic heterocycles. The Morgan fingerprint density at radius 3 is 2.19 bits per heavy atom. The van der Waals surface area contributed by atoms with Crippen LogP contribution in [0.5, 0.6) is 0 Å². The van der Waals surface area contributed by atoms with Gasteiger partial charge in [-0.05, 0) is 29.7 Å². The van der Waals surface area contributed by atoms with Crippen LogP contribution in [-0.4, -0.2) is 31.7 Å². The summed E-state index contributed by atoms with van der Waals surface area (Å²) in [5, 5.41) is 3.04. The van der Waals surface area contributed by atoms with Crippen molar-refractivity contribution in [1.29, 1.82) is 0 Å². The number of hydrogen-bond acceptors (Lipinski definition) is 3. The highest BCUT2D eigenvalue weighted by molar-refractivity contribution is 7.89. The van der Waals surface area contributed by atoms with E-state index in [0.717, 1.165) is 5.56 Å². The van der Waals surface area contributed by atoms with Gasteiger partial charge >= 0.3 is 0 Å². The maximum atomic E-state index is 12.8. The van der Waals surface area contributed by atoms with Crippen LogP contribution in [-0.2, 0) is 10.0 Å². The van der Waals surface area contributed by atoms with Crippen LogP contribution < -0.4 is 5.32 Å². The number of carbonyl (C=O) groups is 1. The number of benzene rings is 2. The highest BCUT2D eigenvalue weighted by Gasteiger charge is 2.24. The molecule has 0 aliphatic carbocycles. The van der Waals surface area contributed by atoms with Gasteiger partial charge in [0, 0.05) is 18.7 Å². The van der Waals surface area contributed by atoms with Gasteiger partial charge in [0.25, 0.3) is 5.91 Å². The van der Waals surface area contributed by atoms with E-state index in [1.165, 1.54) is 16.4 Å². The van der Waals surface area contributed by atoms with Crippen molar-refractivity contribution in [3.05, 3.63) is 65.7 Å². The van der Waals surface area contributed by atoms with E-state index in [1.54, 1.807) is 26.0 Å². The van der Waals surface area contributed by atoms with Crippen molar-refractivity contribution in [3.63, 3.8) is 0 Å². The molecule has 0 aromatic heterocycles. The van der Waals surface area contributed by atoms with E-state index >= 15 is 0 Å². The van der Waals surface area contributed by atoms with Crippen molar-refractivity contribution in [1.82, 2.24) is 9.62 Å². The van der Waals surface area contributed by atoms with Crippen LogP contribution >= 0.6 is 0 Å². The van der Waals surface area contributed by atoms with Crippen LogP contribution in [0, 0.1) is 5.92 Å². The Hall–Kier alpha value is -2.18. The number of nitrogens with zero attached hydrogens (tertiary/aromatic N) is 1. The molecule has 0 saturated carbocycles. The van der Waals surface area contributed by atoms with E-state index in [0.29, 0.717) is 18.7 Å². The zero-order valence-electron chi connectivity index (χ0n) is 16.3. The van der Waals surface area contributed by atoms with Gasteiger partial charge in [-0.3, -0.25) is 4.79 Å². The Morgan fingerprint density at radius 1 is 1.00 bits per heavy atom. The third-order valence-electron chi connectivity index (χ3n) is 4.55. The van der Waals surface area contributed by atoms with Crippen LogP contribution in [0.1, 0.15) is 49.7 Å². The number of sulfonamides is 1. The molecule has 1 N–H and O–H groups in total. The molecular weight excluding hydrogens is 360 g/mol. The Balaban J connectivity index is 2.29. The van der Waals surface area contributed by atoms with Gasteiger partial charge in [0.2, 0.25) is 10.0 Å². The van der Waals surface area contributed by atoms with Crippen molar-refractivity contribution >= 4 is 15.9 Å². The van der Waals surface area contributed by atoms with Crippen LogP contribution in [0.15, 0.2) is 59.5 Å². The number of rotatable bonds is 8. The van der Waals surface area contributed by atoms with Gasteiger partial charge in [-0.2, -0.15) is 4.31 Å². The summed E-state index contributed by atoms with van der Waals surface area (Å²) in [6.07, 6.45) is 0. The highest BCUT2D eigenvalue weighted by Crippen LogP contribution is 2.23. The van der Waals surface area contributed by atoms with Gasteiger partial charge in [0.15, 0.2) is 0 Å². The second-order valence-corrected chi connectivity index (χ2v) is 8.66. The van der Waals surface area contributed by atoms with Gasteiger partial charge < -0.3 is 5.32 Å². The number of hydrogen-bond donors (Lipinski definition) is 1. The van der Waals surface area contributed by atoms with Gasteiger partial charge in [-0.15, -0.1) is 0 Å². The maximum absolute atomic E-state index is 12.8. The summed E-state index contributed by atoms with van der Waals surface area (Å²) in [6.45, 7) is 8.45. The van der Waals surface area contributed by atoms with E-state index in [2.05, 4.69) is 5.32 Å². The quantitative estimate of drug-likeness (QED) is 0.747. The molecule has 0 unspecified atom stereocenters. The van der Waals surface area contributed by atoms with Crippen molar-refractivity contribution in [2.45, 2.75) is 38.6 Å². The van der Waals surface area contributed by atoms with Crippen molar-refractivity contribution in [3.8, 4) is 0 Å². The Bertz CT molecular complexity index is 860. The summed E-state index contributed by atoms with van der Waals surface area (Å²) in [6, 6.07) is 15.8. The Kier molecular flexibility index (Phi) is 7.16. The molecule has 2 aromatic rings. The lowest BCUT2D eigenvalue weighted by atomic mass is 9.95. The molecule has 1 amide bonds. The predicted molar refractivity (Wildman–Crippen MR) is 108 cm³/mol. The molecule has 27 heavy (non-hydrogen) atoms. The van der Waals surface area contributed by atoms with Crippen LogP contribution in [0.3, 0.4) is 0 Å². The second kappa shape index (κ2) is 9.15. The molecule has 0 heterocycles. The monoisotopic (exact) mass is 388 g/mol. The molecule has 0 fully saturated rings. The minimum atomic E-state index is -3.60. The molecule has 1 atom stereocenters. The third kappa shape index (κ3) is 4.96. The van der Waals surface area contributed by atoms with Crippen molar-refractivity contribution in [2.24, 2.45) is 5.92 Å². The summed E-state index contributed by atoms with van der Waals surface area (Å²) in [7, 11) is -3.60. The topological polar surface area (TPSA) is 66.5 Å². The van der Waals surface area contributed by atoms with Crippen LogP contribution in [0.2, 0.25) is 0 Å². The summed E-state index contributed by atoms with van der Waals surface area (Å²) in [5.74, 6) is -0.0897. The van der Waals surface area contributed by atoms with Gasteiger partial charge in [0.1, 0.15) is 0 Å². The zero-order valence-corrected chi connectivity index (χ0v) is 17.2. The average molecular weight is 389 g/mol. The molecule has 0 aliphatic rings. The zero-order chi connectivity index (χ0) is 20.0. The lowest BCUT2D eigenvalue weighted by molar-refractivity contribution is 0.0925. The SMILES string of the molecule is CCN(CC)S(=O)(=O)c1cccc(C(=O)N[C@H](c2ccccc2)C(C)C)c1. The second-order valence-electron chi connectivity index (χ2n) is 6.72. The van der Waals surface area contributed by atoms with Gasteiger partial charge in [-0.25, -0.2) is 8.42 Å². The fraction of sp³-hybridized carbons (Fsp3) is 0.381. The lowest BCUT2D eigenvalue weighted by Gasteiger charge is -2.23. The molecule has 6 heteroatoms. The van der Waals surface area contributed by atoms with Gasteiger partial charge in [-0.1, -0.05) is 64.1 Å². The first-order chi connectivity index (χ1) is 12.8. The summed E-state index contributed by atoms with van der Waals surface area (Å²) < 4.78 is 26.8. The first-order valence-electron chi connectivity index (χ1n) is 9.27. The minimum absolute atomic E-state index is 0.139. The fourth-order valence-corrected chi connectivity index (χ4v) is 4.53. The van der Waals surface area contributed by atoms with E-state index in [1.807, 2.05) is 44.2 Å². The summed E-state index contributed by atoms with van der Waals surface area (Å²) in [4.78, 5) is 12.9. The molecule has 0 bridgehead atoms. The van der Waals surface area contributed by atoms with Crippen molar-refractivity contribution in [2.75, 3.05) is 13.1 Å². The van der Waals surface area contributed by atoms with Crippen LogP contribution in [0.25, 0.3) is 0 Å².